The monoisotopic (exact) mass is 342 g/mol. The van der Waals surface area contributed by atoms with Crippen LogP contribution in [0.1, 0.15) is 56.8 Å². The minimum atomic E-state index is -4.33. The van der Waals surface area contributed by atoms with Crippen LogP contribution in [0.15, 0.2) is 6.07 Å². The zero-order valence-corrected chi connectivity index (χ0v) is 13.5. The Morgan fingerprint density at radius 2 is 2.08 bits per heavy atom. The maximum atomic E-state index is 13.3. The van der Waals surface area contributed by atoms with Gasteiger partial charge in [-0.15, -0.1) is 0 Å². The Balaban J connectivity index is 1.64. The van der Waals surface area contributed by atoms with Gasteiger partial charge in [-0.3, -0.25) is 4.79 Å². The van der Waals surface area contributed by atoms with Crippen LogP contribution in [-0.2, 0) is 4.79 Å². The summed E-state index contributed by atoms with van der Waals surface area (Å²) in [5, 5.41) is 7.35. The van der Waals surface area contributed by atoms with E-state index < -0.39 is 12.2 Å². The summed E-state index contributed by atoms with van der Waals surface area (Å²) in [6, 6.07) is -0.368. The van der Waals surface area contributed by atoms with Crippen molar-refractivity contribution < 1.29 is 18.0 Å². The highest BCUT2D eigenvalue weighted by Crippen LogP contribution is 2.42. The van der Waals surface area contributed by atoms with Crippen molar-refractivity contribution in [2.24, 2.45) is 5.92 Å². The van der Waals surface area contributed by atoms with Crippen LogP contribution in [0, 0.1) is 5.92 Å². The van der Waals surface area contributed by atoms with Crippen molar-refractivity contribution in [1.29, 1.82) is 0 Å². The van der Waals surface area contributed by atoms with Crippen LogP contribution in [0.3, 0.4) is 0 Å². The minimum absolute atomic E-state index is 0.0347. The predicted octanol–water partition coefficient (Wildman–Crippen LogP) is 3.26. The molecule has 2 fully saturated rings. The van der Waals surface area contributed by atoms with Gasteiger partial charge in [0.25, 0.3) is 0 Å². The number of carbonyl (C=O) groups excluding carboxylic acids is 1. The number of alkyl halides is 3. The van der Waals surface area contributed by atoms with Crippen molar-refractivity contribution in [3.8, 4) is 0 Å². The van der Waals surface area contributed by atoms with Crippen LogP contribution in [0.5, 0.6) is 0 Å². The van der Waals surface area contributed by atoms with E-state index in [-0.39, 0.29) is 30.3 Å². The molecule has 0 spiro atoms. The molecule has 24 heavy (non-hydrogen) atoms. The number of hydrogen-bond acceptors (Lipinski definition) is 3. The number of fused-ring (bicyclic) bond motifs is 1. The highest BCUT2D eigenvalue weighted by Gasteiger charge is 2.46. The Hall–Kier alpha value is -1.73. The smallest absolute Gasteiger partial charge is 0.368 e. The lowest BCUT2D eigenvalue weighted by molar-refractivity contribution is -0.173. The van der Waals surface area contributed by atoms with E-state index in [0.717, 1.165) is 30.4 Å². The lowest BCUT2D eigenvalue weighted by Crippen LogP contribution is -2.38. The molecular formula is C16H21F3N4O. The third-order valence-corrected chi connectivity index (χ3v) is 5.20. The molecule has 1 aromatic rings. The van der Waals surface area contributed by atoms with Crippen LogP contribution in [0.4, 0.5) is 19.0 Å². The molecule has 0 unspecified atom stereocenters. The molecule has 0 radical (unpaired) electrons. The first-order chi connectivity index (χ1) is 11.3. The molecule has 132 valence electrons. The molecule has 3 aliphatic rings. The number of hydrogen-bond donors (Lipinski definition) is 1. The number of halogens is 3. The molecule has 8 heteroatoms. The van der Waals surface area contributed by atoms with Crippen molar-refractivity contribution in [1.82, 2.24) is 14.7 Å². The van der Waals surface area contributed by atoms with Crippen molar-refractivity contribution in [3.05, 3.63) is 11.8 Å². The van der Waals surface area contributed by atoms with Crippen molar-refractivity contribution >= 4 is 11.7 Å². The van der Waals surface area contributed by atoms with Gasteiger partial charge < -0.3 is 10.2 Å². The summed E-state index contributed by atoms with van der Waals surface area (Å²) in [5.41, 5.74) is 0.576. The van der Waals surface area contributed by atoms with E-state index >= 15 is 0 Å². The molecule has 0 aromatic carbocycles. The van der Waals surface area contributed by atoms with Crippen molar-refractivity contribution in [2.45, 2.75) is 63.3 Å². The fourth-order valence-electron chi connectivity index (χ4n) is 3.84. The molecule has 1 aromatic heterocycles. The van der Waals surface area contributed by atoms with Gasteiger partial charge in [-0.05, 0) is 39.0 Å². The van der Waals surface area contributed by atoms with Gasteiger partial charge in [0.2, 0.25) is 5.91 Å². The van der Waals surface area contributed by atoms with E-state index in [4.69, 9.17) is 0 Å². The number of nitrogens with one attached hydrogen (secondary N) is 1. The summed E-state index contributed by atoms with van der Waals surface area (Å²) in [4.78, 5) is 14.2. The number of carbonyl (C=O) groups is 1. The van der Waals surface area contributed by atoms with Crippen molar-refractivity contribution in [3.63, 3.8) is 0 Å². The third-order valence-electron chi connectivity index (χ3n) is 5.20. The zero-order chi connectivity index (χ0) is 17.1. The standard InChI is InChI=1S/C16H21F3N4O/c1-9-7-13(16(17,18)19)23-14(20-9)8-11(21-23)12-3-2-6-22(12)15(24)10-4-5-10/h8-10,12-13,20H,2-7H2,1H3/t9-,12+,13-/m1/s1. The number of amides is 1. The van der Waals surface area contributed by atoms with E-state index in [0.29, 0.717) is 18.1 Å². The van der Waals surface area contributed by atoms with Crippen LogP contribution < -0.4 is 5.32 Å². The summed E-state index contributed by atoms with van der Waals surface area (Å²) in [7, 11) is 0. The van der Waals surface area contributed by atoms with E-state index in [9.17, 15) is 18.0 Å². The fourth-order valence-corrected chi connectivity index (χ4v) is 3.84. The molecule has 2 aliphatic heterocycles. The van der Waals surface area contributed by atoms with Gasteiger partial charge in [0.1, 0.15) is 5.82 Å². The van der Waals surface area contributed by atoms with E-state index in [2.05, 4.69) is 10.4 Å². The lowest BCUT2D eigenvalue weighted by atomic mass is 10.1. The van der Waals surface area contributed by atoms with Crippen LogP contribution in [0.2, 0.25) is 0 Å². The first-order valence-corrected chi connectivity index (χ1v) is 8.58. The average molecular weight is 342 g/mol. The van der Waals surface area contributed by atoms with Gasteiger partial charge in [0, 0.05) is 24.6 Å². The van der Waals surface area contributed by atoms with Crippen LogP contribution in [-0.4, -0.2) is 39.4 Å². The maximum absolute atomic E-state index is 13.3. The van der Waals surface area contributed by atoms with E-state index in [1.54, 1.807) is 13.0 Å². The van der Waals surface area contributed by atoms with Crippen LogP contribution >= 0.6 is 0 Å². The Bertz CT molecular complexity index is 652. The average Bonchev–Trinajstić information content (AvgIpc) is 3.08. The number of rotatable bonds is 2. The third kappa shape index (κ3) is 2.65. The Kier molecular flexibility index (Phi) is 3.54. The van der Waals surface area contributed by atoms with Crippen molar-refractivity contribution in [2.75, 3.05) is 11.9 Å². The second-order valence-corrected chi connectivity index (χ2v) is 7.20. The molecule has 5 nitrogen and oxygen atoms in total. The summed E-state index contributed by atoms with van der Waals surface area (Å²) in [6.45, 7) is 2.42. The number of nitrogens with zero attached hydrogens (tertiary/aromatic N) is 3. The van der Waals surface area contributed by atoms with Gasteiger partial charge in [0.15, 0.2) is 6.04 Å². The molecule has 1 N–H and O–H groups in total. The second kappa shape index (κ2) is 5.39. The normalized spacial score (nSPS) is 30.2. The first kappa shape index (κ1) is 15.8. The van der Waals surface area contributed by atoms with E-state index in [1.165, 1.54) is 0 Å². The van der Waals surface area contributed by atoms with Gasteiger partial charge in [-0.2, -0.15) is 18.3 Å². The molecule has 3 atom stereocenters. The van der Waals surface area contributed by atoms with Gasteiger partial charge in [0.05, 0.1) is 11.7 Å². The molecular weight excluding hydrogens is 321 g/mol. The van der Waals surface area contributed by atoms with Gasteiger partial charge in [-0.1, -0.05) is 0 Å². The first-order valence-electron chi connectivity index (χ1n) is 8.58. The molecule has 1 saturated carbocycles. The SMILES string of the molecule is C[C@@H]1C[C@H](C(F)(F)F)n2nc([C@@H]3CCCN3C(=O)C3CC3)cc2N1. The summed E-state index contributed by atoms with van der Waals surface area (Å²) in [6.07, 6.45) is -0.868. The maximum Gasteiger partial charge on any atom is 0.410 e. The Morgan fingerprint density at radius 3 is 2.75 bits per heavy atom. The molecule has 3 heterocycles. The highest BCUT2D eigenvalue weighted by molar-refractivity contribution is 5.81. The zero-order valence-electron chi connectivity index (χ0n) is 13.5. The van der Waals surface area contributed by atoms with E-state index in [1.807, 2.05) is 4.90 Å². The molecule has 4 rings (SSSR count). The van der Waals surface area contributed by atoms with Gasteiger partial charge in [-0.25, -0.2) is 4.68 Å². The summed E-state index contributed by atoms with van der Waals surface area (Å²) in [5.74, 6) is 0.651. The largest absolute Gasteiger partial charge is 0.410 e. The number of aromatic nitrogens is 2. The Labute approximate surface area is 138 Å². The summed E-state index contributed by atoms with van der Waals surface area (Å²) >= 11 is 0. The predicted molar refractivity (Wildman–Crippen MR) is 81.4 cm³/mol. The fraction of sp³-hybridized carbons (Fsp3) is 0.750. The quantitative estimate of drug-likeness (QED) is 0.897. The Morgan fingerprint density at radius 1 is 1.33 bits per heavy atom. The topological polar surface area (TPSA) is 50.2 Å². The summed E-state index contributed by atoms with van der Waals surface area (Å²) < 4.78 is 41.1. The number of anilines is 1. The molecule has 1 amide bonds. The number of likely N-dealkylation sites (tertiary alicyclic amines) is 1. The minimum Gasteiger partial charge on any atom is -0.368 e. The molecule has 1 saturated heterocycles. The lowest BCUT2D eigenvalue weighted by Gasteiger charge is -2.31. The highest BCUT2D eigenvalue weighted by atomic mass is 19.4. The van der Waals surface area contributed by atoms with Crippen LogP contribution in [0.25, 0.3) is 0 Å². The molecule has 0 bridgehead atoms. The van der Waals surface area contributed by atoms with Gasteiger partial charge >= 0.3 is 6.18 Å². The second-order valence-electron chi connectivity index (χ2n) is 7.20. The molecule has 1 aliphatic carbocycles.